The van der Waals surface area contributed by atoms with E-state index in [1.807, 2.05) is 24.3 Å². The summed E-state index contributed by atoms with van der Waals surface area (Å²) in [6, 6.07) is 21.4. The fourth-order valence-electron chi connectivity index (χ4n) is 3.54. The van der Waals surface area contributed by atoms with Crippen LogP contribution in [0.15, 0.2) is 78.5 Å². The van der Waals surface area contributed by atoms with Crippen molar-refractivity contribution >= 4 is 34.7 Å². The van der Waals surface area contributed by atoms with Crippen LogP contribution in [-0.4, -0.2) is 30.9 Å². The molecule has 3 aromatic carbocycles. The molecule has 2 amide bonds. The Hall–Kier alpha value is -3.77. The molecule has 0 atom stereocenters. The molecule has 0 spiro atoms. The summed E-state index contributed by atoms with van der Waals surface area (Å²) < 4.78 is 10.7. The first-order valence-electron chi connectivity index (χ1n) is 9.92. The zero-order valence-electron chi connectivity index (χ0n) is 17.6. The van der Waals surface area contributed by atoms with E-state index in [1.165, 1.54) is 12.0 Å². The van der Waals surface area contributed by atoms with Gasteiger partial charge in [-0.1, -0.05) is 60.1 Å². The van der Waals surface area contributed by atoms with Gasteiger partial charge in [-0.25, -0.2) is 0 Å². The lowest BCUT2D eigenvalue weighted by molar-refractivity contribution is -0.137. The molecule has 7 heteroatoms. The fraction of sp³-hybridized carbons (Fsp3) is 0.120. The number of hydrogen-bond donors (Lipinski definition) is 1. The molecule has 0 aromatic heterocycles. The third-order valence-electron chi connectivity index (χ3n) is 5.19. The van der Waals surface area contributed by atoms with Gasteiger partial charge in [0, 0.05) is 11.1 Å². The number of anilines is 1. The summed E-state index contributed by atoms with van der Waals surface area (Å²) in [5.74, 6) is 0.260. The lowest BCUT2D eigenvalue weighted by atomic mass is 10.0. The molecule has 0 aliphatic carbocycles. The zero-order valence-corrected chi connectivity index (χ0v) is 18.3. The maximum Gasteiger partial charge on any atom is 0.278 e. The molecule has 32 heavy (non-hydrogen) atoms. The van der Waals surface area contributed by atoms with Gasteiger partial charge in [0.05, 0.1) is 32.0 Å². The number of halogens is 1. The number of hydrogen-bond acceptors (Lipinski definition) is 5. The number of benzene rings is 3. The number of ether oxygens (including phenoxy) is 2. The monoisotopic (exact) mass is 448 g/mol. The third kappa shape index (κ3) is 4.05. The summed E-state index contributed by atoms with van der Waals surface area (Å²) in [5.41, 5.74) is 2.34. The molecule has 1 aliphatic rings. The Balaban J connectivity index is 1.76. The van der Waals surface area contributed by atoms with Crippen LogP contribution in [0.25, 0.3) is 5.57 Å². The van der Waals surface area contributed by atoms with Crippen LogP contribution in [-0.2, 0) is 16.1 Å². The Morgan fingerprint density at radius 2 is 1.59 bits per heavy atom. The van der Waals surface area contributed by atoms with E-state index in [1.54, 1.807) is 55.6 Å². The standard InChI is InChI=1S/C25H21ClN2O4/c1-31-18-12-13-20(21(14-18)32-2)27-23-22(16-8-4-3-5-9-16)24(29)28(25(23)30)15-17-10-6-7-11-19(17)26/h3-14,27H,15H2,1-2H3. The van der Waals surface area contributed by atoms with E-state index >= 15 is 0 Å². The number of carbonyl (C=O) groups is 2. The van der Waals surface area contributed by atoms with Crippen molar-refractivity contribution in [3.8, 4) is 11.5 Å². The third-order valence-corrected chi connectivity index (χ3v) is 5.55. The molecule has 3 aromatic rings. The van der Waals surface area contributed by atoms with Crippen LogP contribution in [0.5, 0.6) is 11.5 Å². The first-order valence-corrected chi connectivity index (χ1v) is 10.3. The minimum atomic E-state index is -0.438. The second kappa shape index (κ2) is 9.16. The van der Waals surface area contributed by atoms with Gasteiger partial charge in [0.25, 0.3) is 11.8 Å². The summed E-state index contributed by atoms with van der Waals surface area (Å²) in [6.07, 6.45) is 0. The van der Waals surface area contributed by atoms with Crippen LogP contribution < -0.4 is 14.8 Å². The van der Waals surface area contributed by atoms with Crippen LogP contribution in [0.1, 0.15) is 11.1 Å². The Morgan fingerprint density at radius 1 is 0.875 bits per heavy atom. The van der Waals surface area contributed by atoms with Crippen LogP contribution in [0, 0.1) is 0 Å². The Morgan fingerprint density at radius 3 is 2.28 bits per heavy atom. The summed E-state index contributed by atoms with van der Waals surface area (Å²) in [4.78, 5) is 28.0. The van der Waals surface area contributed by atoms with E-state index in [4.69, 9.17) is 21.1 Å². The van der Waals surface area contributed by atoms with Gasteiger partial charge in [-0.2, -0.15) is 0 Å². The Kier molecular flexibility index (Phi) is 6.14. The van der Waals surface area contributed by atoms with Crippen molar-refractivity contribution < 1.29 is 19.1 Å². The number of methoxy groups -OCH3 is 2. The van der Waals surface area contributed by atoms with E-state index in [9.17, 15) is 9.59 Å². The van der Waals surface area contributed by atoms with Crippen molar-refractivity contribution in [3.63, 3.8) is 0 Å². The number of amides is 2. The van der Waals surface area contributed by atoms with Gasteiger partial charge in [0.2, 0.25) is 0 Å². The number of rotatable bonds is 7. The van der Waals surface area contributed by atoms with E-state index in [0.717, 1.165) is 0 Å². The summed E-state index contributed by atoms with van der Waals surface area (Å²) in [6.45, 7) is 0.0681. The molecule has 0 bridgehead atoms. The molecule has 0 saturated heterocycles. The normalized spacial score (nSPS) is 13.5. The van der Waals surface area contributed by atoms with Crippen LogP contribution >= 0.6 is 11.6 Å². The molecule has 0 radical (unpaired) electrons. The first-order chi connectivity index (χ1) is 15.5. The molecule has 6 nitrogen and oxygen atoms in total. The number of imide groups is 1. The van der Waals surface area contributed by atoms with Crippen LogP contribution in [0.3, 0.4) is 0 Å². The molecular formula is C25H21ClN2O4. The van der Waals surface area contributed by atoms with Crippen LogP contribution in [0.2, 0.25) is 5.02 Å². The van der Waals surface area contributed by atoms with Crippen molar-refractivity contribution in [2.24, 2.45) is 0 Å². The van der Waals surface area contributed by atoms with E-state index in [0.29, 0.717) is 38.9 Å². The van der Waals surface area contributed by atoms with Gasteiger partial charge in [0.1, 0.15) is 17.2 Å². The Labute approximate surface area is 191 Å². The average molecular weight is 449 g/mol. The highest BCUT2D eigenvalue weighted by atomic mass is 35.5. The molecule has 162 valence electrons. The van der Waals surface area contributed by atoms with E-state index in [2.05, 4.69) is 5.32 Å². The van der Waals surface area contributed by atoms with Gasteiger partial charge in [-0.05, 0) is 29.3 Å². The van der Waals surface area contributed by atoms with Crippen molar-refractivity contribution in [3.05, 3.63) is 94.6 Å². The average Bonchev–Trinajstić information content (AvgIpc) is 3.05. The van der Waals surface area contributed by atoms with Crippen molar-refractivity contribution in [2.45, 2.75) is 6.54 Å². The zero-order chi connectivity index (χ0) is 22.7. The second-order valence-electron chi connectivity index (χ2n) is 7.10. The summed E-state index contributed by atoms with van der Waals surface area (Å²) in [5, 5.41) is 3.62. The second-order valence-corrected chi connectivity index (χ2v) is 7.50. The van der Waals surface area contributed by atoms with Crippen molar-refractivity contribution in [2.75, 3.05) is 19.5 Å². The molecule has 1 heterocycles. The van der Waals surface area contributed by atoms with Crippen molar-refractivity contribution in [1.29, 1.82) is 0 Å². The molecule has 4 rings (SSSR count). The van der Waals surface area contributed by atoms with Gasteiger partial charge >= 0.3 is 0 Å². The fourth-order valence-corrected chi connectivity index (χ4v) is 3.74. The quantitative estimate of drug-likeness (QED) is 0.528. The highest BCUT2D eigenvalue weighted by molar-refractivity contribution is 6.36. The molecule has 0 unspecified atom stereocenters. The minimum absolute atomic E-state index is 0.0681. The number of carbonyl (C=O) groups excluding carboxylic acids is 2. The highest BCUT2D eigenvalue weighted by Crippen LogP contribution is 2.36. The maximum absolute atomic E-state index is 13.4. The van der Waals surface area contributed by atoms with E-state index in [-0.39, 0.29) is 12.2 Å². The molecule has 0 fully saturated rings. The number of nitrogens with zero attached hydrogens (tertiary/aromatic N) is 1. The van der Waals surface area contributed by atoms with E-state index < -0.39 is 11.8 Å². The predicted octanol–water partition coefficient (Wildman–Crippen LogP) is 4.75. The molecular weight excluding hydrogens is 428 g/mol. The maximum atomic E-state index is 13.4. The first kappa shape index (κ1) is 21.5. The van der Waals surface area contributed by atoms with Gasteiger partial charge in [-0.15, -0.1) is 0 Å². The lowest BCUT2D eigenvalue weighted by Crippen LogP contribution is -2.32. The van der Waals surface area contributed by atoms with Gasteiger partial charge in [0.15, 0.2) is 0 Å². The van der Waals surface area contributed by atoms with Crippen molar-refractivity contribution in [1.82, 2.24) is 4.90 Å². The smallest absolute Gasteiger partial charge is 0.278 e. The Bertz CT molecular complexity index is 1210. The topological polar surface area (TPSA) is 67.9 Å². The number of nitrogens with one attached hydrogen (secondary N) is 1. The molecule has 0 saturated carbocycles. The lowest BCUT2D eigenvalue weighted by Gasteiger charge is -2.17. The molecule has 1 aliphatic heterocycles. The van der Waals surface area contributed by atoms with Crippen LogP contribution in [0.4, 0.5) is 5.69 Å². The SMILES string of the molecule is COc1ccc(NC2=C(c3ccccc3)C(=O)N(Cc3ccccc3Cl)C2=O)c(OC)c1. The summed E-state index contributed by atoms with van der Waals surface area (Å²) >= 11 is 6.28. The summed E-state index contributed by atoms with van der Waals surface area (Å²) in [7, 11) is 3.08. The van der Waals surface area contributed by atoms with Gasteiger partial charge in [-0.3, -0.25) is 14.5 Å². The minimum Gasteiger partial charge on any atom is -0.497 e. The predicted molar refractivity (Wildman–Crippen MR) is 124 cm³/mol. The van der Waals surface area contributed by atoms with Gasteiger partial charge < -0.3 is 14.8 Å². The molecule has 1 N–H and O–H groups in total. The largest absolute Gasteiger partial charge is 0.497 e. The highest BCUT2D eigenvalue weighted by Gasteiger charge is 2.39.